The zero-order valence-electron chi connectivity index (χ0n) is 9.10. The first-order chi connectivity index (χ1) is 7.33. The third-order valence-electron chi connectivity index (χ3n) is 3.53. The van der Waals surface area contributed by atoms with Gasteiger partial charge < -0.3 is 4.74 Å². The molecule has 3 rings (SSSR count). The SMILES string of the molecule is C[C@@H]1C[C@@H]2O[C@H]2CN1Cc1ccccc1. The summed E-state index contributed by atoms with van der Waals surface area (Å²) in [5.41, 5.74) is 1.41. The summed E-state index contributed by atoms with van der Waals surface area (Å²) in [6.07, 6.45) is 2.31. The number of nitrogens with zero attached hydrogens (tertiary/aromatic N) is 1. The molecule has 2 heterocycles. The topological polar surface area (TPSA) is 15.8 Å². The molecule has 2 aliphatic rings. The standard InChI is InChI=1S/C13H17NO/c1-10-7-12-13(15-12)9-14(10)8-11-5-3-2-4-6-11/h2-6,10,12-13H,7-9H2,1H3/t10-,12+,13+/m1/s1. The second-order valence-electron chi connectivity index (χ2n) is 4.71. The van der Waals surface area contributed by atoms with Gasteiger partial charge in [0.05, 0.1) is 12.2 Å². The molecule has 0 saturated carbocycles. The van der Waals surface area contributed by atoms with Crippen LogP contribution in [0.1, 0.15) is 18.9 Å². The van der Waals surface area contributed by atoms with Gasteiger partial charge >= 0.3 is 0 Å². The van der Waals surface area contributed by atoms with Crippen molar-refractivity contribution in [2.24, 2.45) is 0 Å². The molecule has 0 spiro atoms. The molecule has 2 nitrogen and oxygen atoms in total. The van der Waals surface area contributed by atoms with Gasteiger partial charge in [-0.05, 0) is 18.9 Å². The fraction of sp³-hybridized carbons (Fsp3) is 0.538. The lowest BCUT2D eigenvalue weighted by atomic mass is 10.0. The molecule has 2 heteroatoms. The van der Waals surface area contributed by atoms with Crippen molar-refractivity contribution in [2.75, 3.05) is 6.54 Å². The quantitative estimate of drug-likeness (QED) is 0.684. The van der Waals surface area contributed by atoms with Crippen molar-refractivity contribution < 1.29 is 4.74 Å². The van der Waals surface area contributed by atoms with Crippen LogP contribution in [0.2, 0.25) is 0 Å². The molecule has 0 radical (unpaired) electrons. The first kappa shape index (κ1) is 9.37. The Balaban J connectivity index is 1.67. The number of benzene rings is 1. The van der Waals surface area contributed by atoms with Gasteiger partial charge in [0, 0.05) is 19.1 Å². The largest absolute Gasteiger partial charge is 0.368 e. The van der Waals surface area contributed by atoms with Gasteiger partial charge in [0.2, 0.25) is 0 Å². The van der Waals surface area contributed by atoms with Gasteiger partial charge in [-0.3, -0.25) is 4.90 Å². The van der Waals surface area contributed by atoms with Crippen molar-refractivity contribution in [3.05, 3.63) is 35.9 Å². The maximum atomic E-state index is 5.57. The molecule has 1 aromatic rings. The Morgan fingerprint density at radius 2 is 2.07 bits per heavy atom. The lowest BCUT2D eigenvalue weighted by molar-refractivity contribution is 0.170. The lowest BCUT2D eigenvalue weighted by Gasteiger charge is -2.31. The molecule has 2 aliphatic heterocycles. The molecule has 1 aromatic carbocycles. The summed E-state index contributed by atoms with van der Waals surface area (Å²) in [7, 11) is 0. The van der Waals surface area contributed by atoms with Crippen LogP contribution in [0, 0.1) is 0 Å². The number of fused-ring (bicyclic) bond motifs is 1. The minimum Gasteiger partial charge on any atom is -0.368 e. The number of rotatable bonds is 2. The van der Waals surface area contributed by atoms with Crippen molar-refractivity contribution in [1.29, 1.82) is 0 Å². The Bertz CT molecular complexity index is 338. The van der Waals surface area contributed by atoms with Crippen LogP contribution in [0.3, 0.4) is 0 Å². The van der Waals surface area contributed by atoms with E-state index in [0.29, 0.717) is 18.2 Å². The van der Waals surface area contributed by atoms with Crippen LogP contribution in [-0.4, -0.2) is 29.7 Å². The summed E-state index contributed by atoms with van der Waals surface area (Å²) in [5.74, 6) is 0. The molecular formula is C13H17NO. The Kier molecular flexibility index (Phi) is 2.26. The van der Waals surface area contributed by atoms with E-state index in [1.165, 1.54) is 12.0 Å². The van der Waals surface area contributed by atoms with Gasteiger partial charge in [0.15, 0.2) is 0 Å². The van der Waals surface area contributed by atoms with E-state index in [0.717, 1.165) is 13.1 Å². The molecule has 0 aliphatic carbocycles. The third-order valence-corrected chi connectivity index (χ3v) is 3.53. The van der Waals surface area contributed by atoms with Gasteiger partial charge in [-0.25, -0.2) is 0 Å². The number of epoxide rings is 1. The average molecular weight is 203 g/mol. The predicted octanol–water partition coefficient (Wildman–Crippen LogP) is 2.05. The van der Waals surface area contributed by atoms with E-state index in [1.54, 1.807) is 0 Å². The lowest BCUT2D eigenvalue weighted by Crippen LogP contribution is -2.40. The first-order valence-electron chi connectivity index (χ1n) is 5.76. The summed E-state index contributed by atoms with van der Waals surface area (Å²) in [5, 5.41) is 0. The smallest absolute Gasteiger partial charge is 0.0969 e. The average Bonchev–Trinajstić information content (AvgIpc) is 2.98. The van der Waals surface area contributed by atoms with E-state index in [1.807, 2.05) is 0 Å². The number of ether oxygens (including phenoxy) is 1. The van der Waals surface area contributed by atoms with Gasteiger partial charge in [-0.1, -0.05) is 30.3 Å². The van der Waals surface area contributed by atoms with Crippen molar-refractivity contribution in [1.82, 2.24) is 4.90 Å². The molecule has 0 amide bonds. The maximum Gasteiger partial charge on any atom is 0.0969 e. The molecule has 3 atom stereocenters. The molecule has 2 saturated heterocycles. The van der Waals surface area contributed by atoms with Gasteiger partial charge in [0.25, 0.3) is 0 Å². The predicted molar refractivity (Wildman–Crippen MR) is 59.6 cm³/mol. The highest BCUT2D eigenvalue weighted by Crippen LogP contribution is 2.34. The van der Waals surface area contributed by atoms with Crippen LogP contribution in [0.5, 0.6) is 0 Å². The number of piperidine rings is 1. The van der Waals surface area contributed by atoms with E-state index in [4.69, 9.17) is 4.74 Å². The second kappa shape index (κ2) is 3.62. The van der Waals surface area contributed by atoms with Crippen LogP contribution in [0.25, 0.3) is 0 Å². The van der Waals surface area contributed by atoms with E-state index >= 15 is 0 Å². The molecule has 15 heavy (non-hydrogen) atoms. The molecule has 0 unspecified atom stereocenters. The summed E-state index contributed by atoms with van der Waals surface area (Å²) < 4.78 is 5.57. The van der Waals surface area contributed by atoms with Crippen molar-refractivity contribution in [2.45, 2.75) is 38.1 Å². The number of hydrogen-bond donors (Lipinski definition) is 0. The summed E-state index contributed by atoms with van der Waals surface area (Å²) in [6.45, 7) is 4.48. The number of hydrogen-bond acceptors (Lipinski definition) is 2. The van der Waals surface area contributed by atoms with E-state index in [-0.39, 0.29) is 0 Å². The van der Waals surface area contributed by atoms with E-state index in [2.05, 4.69) is 42.2 Å². The van der Waals surface area contributed by atoms with E-state index in [9.17, 15) is 0 Å². The van der Waals surface area contributed by atoms with Gasteiger partial charge in [-0.15, -0.1) is 0 Å². The van der Waals surface area contributed by atoms with Crippen molar-refractivity contribution in [3.8, 4) is 0 Å². The Labute approximate surface area is 90.8 Å². The Morgan fingerprint density at radius 3 is 2.87 bits per heavy atom. The summed E-state index contributed by atoms with van der Waals surface area (Å²) in [4.78, 5) is 2.53. The molecular weight excluding hydrogens is 186 g/mol. The highest BCUT2D eigenvalue weighted by molar-refractivity contribution is 5.15. The second-order valence-corrected chi connectivity index (χ2v) is 4.71. The molecule has 0 bridgehead atoms. The summed E-state index contributed by atoms with van der Waals surface area (Å²) in [6, 6.07) is 11.4. The highest BCUT2D eigenvalue weighted by atomic mass is 16.6. The van der Waals surface area contributed by atoms with Crippen LogP contribution in [0.15, 0.2) is 30.3 Å². The Hall–Kier alpha value is -0.860. The van der Waals surface area contributed by atoms with Crippen LogP contribution >= 0.6 is 0 Å². The molecule has 0 N–H and O–H groups in total. The monoisotopic (exact) mass is 203 g/mol. The third kappa shape index (κ3) is 1.92. The normalized spacial score (nSPS) is 34.9. The van der Waals surface area contributed by atoms with Crippen LogP contribution < -0.4 is 0 Å². The van der Waals surface area contributed by atoms with Gasteiger partial charge in [-0.2, -0.15) is 0 Å². The molecule has 80 valence electrons. The van der Waals surface area contributed by atoms with E-state index < -0.39 is 0 Å². The molecule has 0 aromatic heterocycles. The highest BCUT2D eigenvalue weighted by Gasteiger charge is 2.45. The zero-order chi connectivity index (χ0) is 10.3. The first-order valence-corrected chi connectivity index (χ1v) is 5.76. The fourth-order valence-electron chi connectivity index (χ4n) is 2.48. The van der Waals surface area contributed by atoms with Crippen molar-refractivity contribution >= 4 is 0 Å². The maximum absolute atomic E-state index is 5.57. The summed E-state index contributed by atoms with van der Waals surface area (Å²) >= 11 is 0. The minimum absolute atomic E-state index is 0.532. The van der Waals surface area contributed by atoms with Crippen LogP contribution in [0.4, 0.5) is 0 Å². The Morgan fingerprint density at radius 1 is 1.27 bits per heavy atom. The van der Waals surface area contributed by atoms with Crippen LogP contribution in [-0.2, 0) is 11.3 Å². The van der Waals surface area contributed by atoms with Crippen molar-refractivity contribution in [3.63, 3.8) is 0 Å². The number of likely N-dealkylation sites (tertiary alicyclic amines) is 1. The molecule has 2 fully saturated rings. The minimum atomic E-state index is 0.532. The fourth-order valence-corrected chi connectivity index (χ4v) is 2.48. The zero-order valence-corrected chi connectivity index (χ0v) is 9.10. The van der Waals surface area contributed by atoms with Gasteiger partial charge in [0.1, 0.15) is 0 Å².